The van der Waals surface area contributed by atoms with Crippen LogP contribution in [0.4, 0.5) is 5.69 Å². The molecule has 0 amide bonds. The molecule has 0 bridgehead atoms. The summed E-state index contributed by atoms with van der Waals surface area (Å²) in [4.78, 5) is 21.3. The van der Waals surface area contributed by atoms with Crippen LogP contribution in [0.3, 0.4) is 0 Å². The van der Waals surface area contributed by atoms with Gasteiger partial charge in [-0.25, -0.2) is 0 Å². The number of carbonyl (C=O) groups is 1. The van der Waals surface area contributed by atoms with Gasteiger partial charge in [-0.05, 0) is 24.3 Å². The van der Waals surface area contributed by atoms with Crippen molar-refractivity contribution in [3.8, 4) is 11.5 Å². The van der Waals surface area contributed by atoms with E-state index in [1.54, 1.807) is 18.2 Å². The molecule has 2 aromatic carbocycles. The number of nitro groups is 1. The van der Waals surface area contributed by atoms with Gasteiger partial charge < -0.3 is 4.74 Å². The number of ether oxygens (including phenoxy) is 1. The van der Waals surface area contributed by atoms with Crippen LogP contribution in [0.2, 0.25) is 5.02 Å². The fraction of sp³-hybridized carbons (Fsp3) is 0. The molecule has 0 heterocycles. The SMILES string of the molecule is O=Cc1ccc(Br)cc1Oc1cc(Cl)ccc1[N+](=O)[O-]. The maximum atomic E-state index is 11.0. The molecule has 0 spiro atoms. The highest BCUT2D eigenvalue weighted by molar-refractivity contribution is 9.10. The molecule has 0 saturated carbocycles. The molecule has 102 valence electrons. The monoisotopic (exact) mass is 355 g/mol. The van der Waals surface area contributed by atoms with Crippen LogP contribution in [-0.4, -0.2) is 11.2 Å². The molecular weight excluding hydrogens is 350 g/mol. The lowest BCUT2D eigenvalue weighted by Crippen LogP contribution is -1.95. The van der Waals surface area contributed by atoms with E-state index >= 15 is 0 Å². The summed E-state index contributed by atoms with van der Waals surface area (Å²) >= 11 is 9.06. The molecule has 0 saturated heterocycles. The Bertz CT molecular complexity index is 690. The lowest BCUT2D eigenvalue weighted by Gasteiger charge is -2.09. The van der Waals surface area contributed by atoms with Gasteiger partial charge in [0, 0.05) is 21.6 Å². The van der Waals surface area contributed by atoms with Crippen molar-refractivity contribution >= 4 is 39.5 Å². The van der Waals surface area contributed by atoms with Crippen LogP contribution in [0.1, 0.15) is 10.4 Å². The number of aldehydes is 1. The van der Waals surface area contributed by atoms with E-state index in [1.807, 2.05) is 0 Å². The average molecular weight is 357 g/mol. The Morgan fingerprint density at radius 1 is 1.20 bits per heavy atom. The Labute approximate surface area is 127 Å². The largest absolute Gasteiger partial charge is 0.449 e. The van der Waals surface area contributed by atoms with Crippen molar-refractivity contribution in [2.24, 2.45) is 0 Å². The minimum absolute atomic E-state index is 0.0244. The van der Waals surface area contributed by atoms with Gasteiger partial charge in [0.05, 0.1) is 10.5 Å². The predicted molar refractivity (Wildman–Crippen MR) is 77.7 cm³/mol. The number of carbonyl (C=O) groups excluding carboxylic acids is 1. The number of nitro benzene ring substituents is 1. The van der Waals surface area contributed by atoms with Crippen LogP contribution >= 0.6 is 27.5 Å². The highest BCUT2D eigenvalue weighted by Gasteiger charge is 2.17. The molecule has 0 N–H and O–H groups in total. The summed E-state index contributed by atoms with van der Waals surface area (Å²) in [5.41, 5.74) is 0.0497. The fourth-order valence-electron chi connectivity index (χ4n) is 1.53. The molecule has 7 heteroatoms. The molecule has 0 radical (unpaired) electrons. The first-order chi connectivity index (χ1) is 9.51. The molecule has 0 aliphatic heterocycles. The number of rotatable bonds is 4. The molecule has 0 atom stereocenters. The first-order valence-electron chi connectivity index (χ1n) is 5.38. The zero-order valence-electron chi connectivity index (χ0n) is 9.88. The third-order valence-electron chi connectivity index (χ3n) is 2.44. The van der Waals surface area contributed by atoms with Gasteiger partial charge >= 0.3 is 5.69 Å². The topological polar surface area (TPSA) is 69.4 Å². The second kappa shape index (κ2) is 6.02. The van der Waals surface area contributed by atoms with E-state index in [4.69, 9.17) is 16.3 Å². The van der Waals surface area contributed by atoms with Gasteiger partial charge in [0.15, 0.2) is 6.29 Å². The Balaban J connectivity index is 2.49. The number of hydrogen-bond donors (Lipinski definition) is 0. The van der Waals surface area contributed by atoms with Crippen molar-refractivity contribution in [3.05, 3.63) is 61.6 Å². The van der Waals surface area contributed by atoms with Gasteiger partial charge in [0.2, 0.25) is 5.75 Å². The van der Waals surface area contributed by atoms with Gasteiger partial charge in [-0.3, -0.25) is 14.9 Å². The smallest absolute Gasteiger partial charge is 0.311 e. The summed E-state index contributed by atoms with van der Waals surface area (Å²) in [6.45, 7) is 0. The van der Waals surface area contributed by atoms with Crippen molar-refractivity contribution in [3.63, 3.8) is 0 Å². The Morgan fingerprint density at radius 2 is 1.95 bits per heavy atom. The second-order valence-corrected chi connectivity index (χ2v) is 5.12. The van der Waals surface area contributed by atoms with Gasteiger partial charge in [-0.2, -0.15) is 0 Å². The number of hydrogen-bond acceptors (Lipinski definition) is 4. The van der Waals surface area contributed by atoms with Gasteiger partial charge in [0.1, 0.15) is 5.75 Å². The quantitative estimate of drug-likeness (QED) is 0.455. The van der Waals surface area contributed by atoms with Crippen molar-refractivity contribution in [2.45, 2.75) is 0 Å². The standard InChI is InChI=1S/C13H7BrClNO4/c14-9-2-1-8(7-17)12(5-9)20-13-6-10(15)3-4-11(13)16(18)19/h1-7H. The third-order valence-corrected chi connectivity index (χ3v) is 3.17. The highest BCUT2D eigenvalue weighted by Crippen LogP contribution is 2.35. The number of nitrogens with zero attached hydrogens (tertiary/aromatic N) is 1. The lowest BCUT2D eigenvalue weighted by atomic mass is 10.2. The maximum absolute atomic E-state index is 11.0. The molecule has 0 aromatic heterocycles. The minimum Gasteiger partial charge on any atom is -0.449 e. The molecule has 0 aliphatic carbocycles. The first kappa shape index (κ1) is 14.5. The Kier molecular flexibility index (Phi) is 4.36. The molecule has 2 rings (SSSR count). The lowest BCUT2D eigenvalue weighted by molar-refractivity contribution is -0.385. The zero-order valence-corrected chi connectivity index (χ0v) is 12.2. The average Bonchev–Trinajstić information content (AvgIpc) is 2.38. The normalized spacial score (nSPS) is 10.1. The molecular formula is C13H7BrClNO4. The Morgan fingerprint density at radius 3 is 2.60 bits per heavy atom. The summed E-state index contributed by atoms with van der Waals surface area (Å²) in [6.07, 6.45) is 0.609. The van der Waals surface area contributed by atoms with Crippen LogP contribution < -0.4 is 4.74 Å². The van der Waals surface area contributed by atoms with Crippen LogP contribution in [0.5, 0.6) is 11.5 Å². The molecule has 5 nitrogen and oxygen atoms in total. The van der Waals surface area contributed by atoms with E-state index in [9.17, 15) is 14.9 Å². The maximum Gasteiger partial charge on any atom is 0.311 e. The summed E-state index contributed by atoms with van der Waals surface area (Å²) in [7, 11) is 0. The second-order valence-electron chi connectivity index (χ2n) is 3.77. The Hall–Kier alpha value is -1.92. The predicted octanol–water partition coefficient (Wildman–Crippen LogP) is 4.62. The molecule has 0 unspecified atom stereocenters. The molecule has 0 fully saturated rings. The number of halogens is 2. The minimum atomic E-state index is -0.579. The van der Waals surface area contributed by atoms with Crippen molar-refractivity contribution in [2.75, 3.05) is 0 Å². The molecule has 0 aliphatic rings. The van der Waals surface area contributed by atoms with Crippen LogP contribution in [-0.2, 0) is 0 Å². The molecule has 2 aromatic rings. The van der Waals surface area contributed by atoms with E-state index in [2.05, 4.69) is 15.9 Å². The third kappa shape index (κ3) is 3.15. The summed E-state index contributed by atoms with van der Waals surface area (Å²) in [5, 5.41) is 11.2. The van der Waals surface area contributed by atoms with E-state index in [1.165, 1.54) is 18.2 Å². The van der Waals surface area contributed by atoms with Gasteiger partial charge in [0.25, 0.3) is 0 Å². The summed E-state index contributed by atoms with van der Waals surface area (Å²) in [6, 6.07) is 8.74. The van der Waals surface area contributed by atoms with E-state index in [-0.39, 0.29) is 22.7 Å². The van der Waals surface area contributed by atoms with Crippen LogP contribution in [0.25, 0.3) is 0 Å². The van der Waals surface area contributed by atoms with E-state index in [0.717, 1.165) is 0 Å². The highest BCUT2D eigenvalue weighted by atomic mass is 79.9. The van der Waals surface area contributed by atoms with Gasteiger partial charge in [-0.1, -0.05) is 27.5 Å². The van der Waals surface area contributed by atoms with E-state index < -0.39 is 4.92 Å². The summed E-state index contributed by atoms with van der Waals surface area (Å²) in [5.74, 6) is 0.184. The fourth-order valence-corrected chi connectivity index (χ4v) is 2.04. The van der Waals surface area contributed by atoms with Gasteiger partial charge in [-0.15, -0.1) is 0 Å². The van der Waals surface area contributed by atoms with Crippen molar-refractivity contribution in [1.82, 2.24) is 0 Å². The van der Waals surface area contributed by atoms with Crippen LogP contribution in [0, 0.1) is 10.1 Å². The number of benzene rings is 2. The van der Waals surface area contributed by atoms with E-state index in [0.29, 0.717) is 15.8 Å². The summed E-state index contributed by atoms with van der Waals surface area (Å²) < 4.78 is 6.15. The zero-order chi connectivity index (χ0) is 14.7. The van der Waals surface area contributed by atoms with Crippen LogP contribution in [0.15, 0.2) is 40.9 Å². The first-order valence-corrected chi connectivity index (χ1v) is 6.55. The van der Waals surface area contributed by atoms with Crippen molar-refractivity contribution in [1.29, 1.82) is 0 Å². The van der Waals surface area contributed by atoms with Crippen molar-refractivity contribution < 1.29 is 14.5 Å². The molecule has 20 heavy (non-hydrogen) atoms.